The predicted octanol–water partition coefficient (Wildman–Crippen LogP) is 3.15. The van der Waals surface area contributed by atoms with Crippen molar-refractivity contribution in [2.75, 3.05) is 0 Å². The number of nitro benzene ring substituents is 1. The van der Waals surface area contributed by atoms with Gasteiger partial charge in [0.25, 0.3) is 11.2 Å². The van der Waals surface area contributed by atoms with Crippen molar-refractivity contribution in [1.29, 1.82) is 0 Å². The third kappa shape index (κ3) is 2.68. The number of non-ortho nitro benzene ring substituents is 1. The highest BCUT2D eigenvalue weighted by Gasteiger charge is 2.22. The van der Waals surface area contributed by atoms with E-state index in [0.29, 0.717) is 33.4 Å². The van der Waals surface area contributed by atoms with E-state index in [2.05, 4.69) is 9.98 Å². The van der Waals surface area contributed by atoms with E-state index < -0.39 is 4.92 Å². The van der Waals surface area contributed by atoms with Crippen LogP contribution in [0.2, 0.25) is 5.02 Å². The molecule has 26 heavy (non-hydrogen) atoms. The molecule has 0 N–H and O–H groups in total. The topological polar surface area (TPSA) is 90.4 Å². The number of fused-ring (bicyclic) bond motifs is 3. The summed E-state index contributed by atoms with van der Waals surface area (Å²) in [5.74, 6) is 0.404. The zero-order valence-electron chi connectivity index (χ0n) is 13.3. The molecule has 4 rings (SSSR count). The maximum atomic E-state index is 11.6. The SMILES string of the molecule is O=c1ccn2c(n1)CN=C(c1ccccc1Cl)c1ccc([N+](=O)[O-])cc1-2. The van der Waals surface area contributed by atoms with Crippen LogP contribution in [0.25, 0.3) is 5.69 Å². The fourth-order valence-electron chi connectivity index (χ4n) is 2.93. The van der Waals surface area contributed by atoms with Crippen LogP contribution in [0.1, 0.15) is 17.0 Å². The van der Waals surface area contributed by atoms with Gasteiger partial charge in [-0.25, -0.2) is 0 Å². The van der Waals surface area contributed by atoms with Crippen LogP contribution in [-0.2, 0) is 6.54 Å². The van der Waals surface area contributed by atoms with Crippen molar-refractivity contribution in [3.8, 4) is 5.69 Å². The van der Waals surface area contributed by atoms with E-state index in [1.165, 1.54) is 18.2 Å². The van der Waals surface area contributed by atoms with Gasteiger partial charge in [-0.2, -0.15) is 4.98 Å². The Balaban J connectivity index is 2.03. The van der Waals surface area contributed by atoms with Gasteiger partial charge < -0.3 is 4.57 Å². The van der Waals surface area contributed by atoms with Crippen molar-refractivity contribution < 1.29 is 4.92 Å². The standard InChI is InChI=1S/C18H11ClN4O3/c19-14-4-2-1-3-12(14)18-13-6-5-11(23(25)26)9-15(13)22-8-7-17(24)21-16(22)10-20-18/h1-9H,10H2. The van der Waals surface area contributed by atoms with Crippen molar-refractivity contribution in [2.45, 2.75) is 6.54 Å². The van der Waals surface area contributed by atoms with E-state index in [9.17, 15) is 14.9 Å². The summed E-state index contributed by atoms with van der Waals surface area (Å²) in [5, 5.41) is 11.7. The number of nitro groups is 1. The summed E-state index contributed by atoms with van der Waals surface area (Å²) in [6.45, 7) is 0.152. The fraction of sp³-hybridized carbons (Fsp3) is 0.0556. The molecular weight excluding hydrogens is 356 g/mol. The number of benzene rings is 2. The second-order valence-corrected chi connectivity index (χ2v) is 6.06. The molecule has 0 fully saturated rings. The van der Waals surface area contributed by atoms with Crippen molar-refractivity contribution in [1.82, 2.24) is 9.55 Å². The molecule has 1 aliphatic rings. The quantitative estimate of drug-likeness (QED) is 0.514. The van der Waals surface area contributed by atoms with Gasteiger partial charge in [-0.3, -0.25) is 19.9 Å². The Morgan fingerprint density at radius 3 is 2.69 bits per heavy atom. The lowest BCUT2D eigenvalue weighted by Crippen LogP contribution is -2.15. The first-order valence-corrected chi connectivity index (χ1v) is 8.09. The average Bonchev–Trinajstić information content (AvgIpc) is 2.78. The van der Waals surface area contributed by atoms with Crippen LogP contribution in [0, 0.1) is 10.1 Å². The number of hydrogen-bond acceptors (Lipinski definition) is 5. The van der Waals surface area contributed by atoms with Gasteiger partial charge in [-0.15, -0.1) is 0 Å². The predicted molar refractivity (Wildman–Crippen MR) is 97.3 cm³/mol. The highest BCUT2D eigenvalue weighted by molar-refractivity contribution is 6.35. The molecule has 0 spiro atoms. The zero-order chi connectivity index (χ0) is 18.3. The Morgan fingerprint density at radius 2 is 1.92 bits per heavy atom. The van der Waals surface area contributed by atoms with Crippen LogP contribution >= 0.6 is 11.6 Å². The average molecular weight is 367 g/mol. The molecule has 0 amide bonds. The summed E-state index contributed by atoms with van der Waals surface area (Å²) in [4.78, 5) is 31.0. The van der Waals surface area contributed by atoms with E-state index in [1.54, 1.807) is 22.9 Å². The van der Waals surface area contributed by atoms with Gasteiger partial charge >= 0.3 is 0 Å². The van der Waals surface area contributed by atoms with Crippen molar-refractivity contribution >= 4 is 23.0 Å². The number of nitrogens with zero attached hydrogens (tertiary/aromatic N) is 4. The van der Waals surface area contributed by atoms with Gasteiger partial charge in [-0.1, -0.05) is 29.8 Å². The van der Waals surface area contributed by atoms with E-state index in [-0.39, 0.29) is 17.8 Å². The summed E-state index contributed by atoms with van der Waals surface area (Å²) >= 11 is 6.33. The van der Waals surface area contributed by atoms with E-state index in [4.69, 9.17) is 11.6 Å². The van der Waals surface area contributed by atoms with E-state index in [1.807, 2.05) is 18.2 Å². The number of halogens is 1. The molecule has 1 aliphatic heterocycles. The smallest absolute Gasteiger partial charge is 0.272 e. The van der Waals surface area contributed by atoms with Crippen LogP contribution in [0.15, 0.2) is 64.5 Å². The maximum Gasteiger partial charge on any atom is 0.272 e. The normalized spacial score (nSPS) is 12.6. The molecule has 0 atom stereocenters. The van der Waals surface area contributed by atoms with Crippen molar-refractivity contribution in [3.05, 3.63) is 97.2 Å². The van der Waals surface area contributed by atoms with Crippen LogP contribution in [0.3, 0.4) is 0 Å². The molecule has 3 aromatic rings. The lowest BCUT2D eigenvalue weighted by atomic mass is 10.00. The number of aliphatic imine (C=N–C) groups is 1. The molecular formula is C18H11ClN4O3. The van der Waals surface area contributed by atoms with Gasteiger partial charge in [0.2, 0.25) is 0 Å². The summed E-state index contributed by atoms with van der Waals surface area (Å²) in [6, 6.07) is 13.1. The molecule has 0 radical (unpaired) electrons. The molecule has 7 nitrogen and oxygen atoms in total. The van der Waals surface area contributed by atoms with Gasteiger partial charge in [0, 0.05) is 40.5 Å². The second kappa shape index (κ2) is 6.20. The lowest BCUT2D eigenvalue weighted by molar-refractivity contribution is -0.384. The van der Waals surface area contributed by atoms with Gasteiger partial charge in [-0.05, 0) is 12.1 Å². The molecule has 0 saturated carbocycles. The third-order valence-corrected chi connectivity index (χ3v) is 4.43. The summed E-state index contributed by atoms with van der Waals surface area (Å²) < 4.78 is 1.65. The van der Waals surface area contributed by atoms with E-state index in [0.717, 1.165) is 0 Å². The van der Waals surface area contributed by atoms with Gasteiger partial charge in [0.05, 0.1) is 22.9 Å². The highest BCUT2D eigenvalue weighted by Crippen LogP contribution is 2.29. The Kier molecular flexibility index (Phi) is 3.85. The lowest BCUT2D eigenvalue weighted by Gasteiger charge is -2.13. The molecule has 1 aromatic heterocycles. The molecule has 2 heterocycles. The van der Waals surface area contributed by atoms with Gasteiger partial charge in [0.1, 0.15) is 5.82 Å². The molecule has 2 aromatic carbocycles. The number of rotatable bonds is 2. The minimum absolute atomic E-state index is 0.0613. The maximum absolute atomic E-state index is 11.6. The Morgan fingerprint density at radius 1 is 1.12 bits per heavy atom. The summed E-state index contributed by atoms with van der Waals surface area (Å²) in [5.41, 5.74) is 2.05. The summed E-state index contributed by atoms with van der Waals surface area (Å²) in [7, 11) is 0. The molecule has 0 saturated heterocycles. The Hall–Kier alpha value is -3.32. The largest absolute Gasteiger partial charge is 0.302 e. The summed E-state index contributed by atoms with van der Waals surface area (Å²) in [6.07, 6.45) is 1.55. The molecule has 0 bridgehead atoms. The minimum atomic E-state index is -0.465. The van der Waals surface area contributed by atoms with Crippen molar-refractivity contribution in [2.24, 2.45) is 4.99 Å². The molecule has 0 unspecified atom stereocenters. The molecule has 8 heteroatoms. The number of aromatic nitrogens is 2. The number of hydrogen-bond donors (Lipinski definition) is 0. The first kappa shape index (κ1) is 16.2. The zero-order valence-corrected chi connectivity index (χ0v) is 14.1. The van der Waals surface area contributed by atoms with Crippen LogP contribution in [-0.4, -0.2) is 20.2 Å². The first-order valence-electron chi connectivity index (χ1n) is 7.72. The molecule has 0 aliphatic carbocycles. The monoisotopic (exact) mass is 366 g/mol. The van der Waals surface area contributed by atoms with Crippen molar-refractivity contribution in [3.63, 3.8) is 0 Å². The van der Waals surface area contributed by atoms with Gasteiger partial charge in [0.15, 0.2) is 0 Å². The highest BCUT2D eigenvalue weighted by atomic mass is 35.5. The minimum Gasteiger partial charge on any atom is -0.302 e. The van der Waals surface area contributed by atoms with Crippen LogP contribution in [0.5, 0.6) is 0 Å². The van der Waals surface area contributed by atoms with E-state index >= 15 is 0 Å². The Labute approximate surface area is 152 Å². The molecule has 128 valence electrons. The first-order chi connectivity index (χ1) is 12.5. The second-order valence-electron chi connectivity index (χ2n) is 5.66. The van der Waals surface area contributed by atoms with Crippen LogP contribution in [0.4, 0.5) is 5.69 Å². The Bertz CT molecular complexity index is 1140. The fourth-order valence-corrected chi connectivity index (χ4v) is 3.15. The third-order valence-electron chi connectivity index (χ3n) is 4.10. The van der Waals surface area contributed by atoms with Crippen LogP contribution < -0.4 is 5.56 Å².